The molecular formula is C63H38N4O2. The molecule has 10 aromatic carbocycles. The smallest absolute Gasteiger partial charge is 0.164 e. The second kappa shape index (κ2) is 15.6. The predicted molar refractivity (Wildman–Crippen MR) is 281 cm³/mol. The molecule has 0 fully saturated rings. The van der Waals surface area contributed by atoms with E-state index in [0.717, 1.165) is 99.5 Å². The number of benzene rings is 10. The van der Waals surface area contributed by atoms with E-state index in [-0.39, 0.29) is 0 Å². The Morgan fingerprint density at radius 2 is 0.797 bits per heavy atom. The molecule has 0 bridgehead atoms. The van der Waals surface area contributed by atoms with Gasteiger partial charge in [0.25, 0.3) is 0 Å². The van der Waals surface area contributed by atoms with E-state index in [1.165, 1.54) is 21.9 Å². The number of hydrogen-bond donors (Lipinski definition) is 0. The molecule has 322 valence electrons. The highest BCUT2D eigenvalue weighted by atomic mass is 16.3. The molecule has 6 heteroatoms. The first-order chi connectivity index (χ1) is 34.2. The Kier molecular flexibility index (Phi) is 8.79. The molecule has 0 amide bonds. The lowest BCUT2D eigenvalue weighted by atomic mass is 9.99. The van der Waals surface area contributed by atoms with E-state index in [0.29, 0.717) is 17.5 Å². The minimum absolute atomic E-state index is 0.551. The van der Waals surface area contributed by atoms with E-state index in [2.05, 4.69) is 180 Å². The predicted octanol–water partition coefficient (Wildman–Crippen LogP) is 16.8. The molecule has 0 aliphatic heterocycles. The Morgan fingerprint density at radius 1 is 0.275 bits per heavy atom. The molecule has 0 unspecified atom stereocenters. The van der Waals surface area contributed by atoms with Gasteiger partial charge in [-0.3, -0.25) is 0 Å². The topological polar surface area (TPSA) is 69.9 Å². The molecule has 4 heterocycles. The van der Waals surface area contributed by atoms with Crippen LogP contribution in [0.15, 0.2) is 239 Å². The Hall–Kier alpha value is -9.39. The van der Waals surface area contributed by atoms with Gasteiger partial charge in [-0.15, -0.1) is 0 Å². The quantitative estimate of drug-likeness (QED) is 0.159. The number of fused-ring (bicyclic) bond motifs is 9. The zero-order valence-electron chi connectivity index (χ0n) is 37.0. The van der Waals surface area contributed by atoms with Gasteiger partial charge in [-0.25, -0.2) is 15.0 Å². The van der Waals surface area contributed by atoms with Gasteiger partial charge in [0.15, 0.2) is 17.5 Å². The molecule has 0 aliphatic rings. The lowest BCUT2D eigenvalue weighted by Gasteiger charge is -2.10. The van der Waals surface area contributed by atoms with E-state index in [9.17, 15) is 0 Å². The summed E-state index contributed by atoms with van der Waals surface area (Å²) in [5, 5.41) is 6.44. The van der Waals surface area contributed by atoms with Crippen LogP contribution in [0.2, 0.25) is 0 Å². The Bertz CT molecular complexity index is 4290. The van der Waals surface area contributed by atoms with E-state index < -0.39 is 0 Å². The van der Waals surface area contributed by atoms with E-state index in [1.54, 1.807) is 0 Å². The number of rotatable bonds is 7. The van der Waals surface area contributed by atoms with Crippen molar-refractivity contribution in [1.29, 1.82) is 0 Å². The number of furan rings is 2. The molecule has 6 nitrogen and oxygen atoms in total. The fourth-order valence-corrected chi connectivity index (χ4v) is 10.1. The Morgan fingerprint density at radius 3 is 1.52 bits per heavy atom. The van der Waals surface area contributed by atoms with Crippen LogP contribution in [0.1, 0.15) is 0 Å². The standard InChI is InChI=1S/C63H38N4O2/c1-5-14-39(15-6-1)42-26-31-54-51(34-42)48-29-24-45(37-55(48)67(54)47-20-11-4-12-21-47)44-28-33-57-53(36-44)60-50(22-13-23-58(60)68-57)63-65-61(41-18-9-3-10-19-41)64-62(66-63)46-25-30-49-52-35-43(40-16-7-2-8-17-40)27-32-56(52)69-59(49)38-46/h1-38H. The van der Waals surface area contributed by atoms with Gasteiger partial charge in [0.2, 0.25) is 0 Å². The van der Waals surface area contributed by atoms with Gasteiger partial charge in [-0.1, -0.05) is 158 Å². The maximum absolute atomic E-state index is 6.60. The highest BCUT2D eigenvalue weighted by Crippen LogP contribution is 2.42. The van der Waals surface area contributed by atoms with Crippen molar-refractivity contribution in [2.75, 3.05) is 0 Å². The van der Waals surface area contributed by atoms with Crippen molar-refractivity contribution < 1.29 is 8.83 Å². The zero-order valence-corrected chi connectivity index (χ0v) is 37.0. The average Bonchev–Trinajstić information content (AvgIpc) is 4.10. The van der Waals surface area contributed by atoms with E-state index in [4.69, 9.17) is 23.8 Å². The van der Waals surface area contributed by atoms with Crippen LogP contribution >= 0.6 is 0 Å². The van der Waals surface area contributed by atoms with Crippen LogP contribution < -0.4 is 0 Å². The first-order valence-corrected chi connectivity index (χ1v) is 23.2. The van der Waals surface area contributed by atoms with Crippen molar-refractivity contribution in [3.63, 3.8) is 0 Å². The van der Waals surface area contributed by atoms with Gasteiger partial charge in [0, 0.05) is 54.7 Å². The number of nitrogens with zero attached hydrogens (tertiary/aromatic N) is 4. The highest BCUT2D eigenvalue weighted by molar-refractivity contribution is 6.14. The summed E-state index contributed by atoms with van der Waals surface area (Å²) < 4.78 is 15.5. The van der Waals surface area contributed by atoms with Crippen molar-refractivity contribution in [2.45, 2.75) is 0 Å². The molecule has 14 rings (SSSR count). The van der Waals surface area contributed by atoms with Gasteiger partial charge < -0.3 is 13.4 Å². The molecule has 0 spiro atoms. The van der Waals surface area contributed by atoms with Crippen molar-refractivity contribution in [2.24, 2.45) is 0 Å². The first-order valence-electron chi connectivity index (χ1n) is 23.2. The average molecular weight is 883 g/mol. The fourth-order valence-electron chi connectivity index (χ4n) is 10.1. The second-order valence-corrected chi connectivity index (χ2v) is 17.6. The summed E-state index contributed by atoms with van der Waals surface area (Å²) in [7, 11) is 0. The maximum atomic E-state index is 6.60. The van der Waals surface area contributed by atoms with Crippen LogP contribution in [-0.2, 0) is 0 Å². The Balaban J connectivity index is 0.912. The largest absolute Gasteiger partial charge is 0.456 e. The summed E-state index contributed by atoms with van der Waals surface area (Å²) in [6.45, 7) is 0. The van der Waals surface area contributed by atoms with Crippen LogP contribution in [-0.4, -0.2) is 19.5 Å². The normalized spacial score (nSPS) is 11.8. The first kappa shape index (κ1) is 38.8. The number of hydrogen-bond acceptors (Lipinski definition) is 5. The summed E-state index contributed by atoms with van der Waals surface area (Å²) in [6, 6.07) is 80.5. The zero-order chi connectivity index (χ0) is 45.4. The molecule has 69 heavy (non-hydrogen) atoms. The van der Waals surface area contributed by atoms with Crippen LogP contribution in [0, 0.1) is 0 Å². The van der Waals surface area contributed by atoms with Crippen LogP contribution in [0.3, 0.4) is 0 Å². The summed E-state index contributed by atoms with van der Waals surface area (Å²) in [5.41, 5.74) is 16.0. The minimum atomic E-state index is 0.551. The van der Waals surface area contributed by atoms with Crippen molar-refractivity contribution in [3.8, 4) is 73.2 Å². The van der Waals surface area contributed by atoms with Crippen molar-refractivity contribution in [1.82, 2.24) is 19.5 Å². The molecule has 0 saturated carbocycles. The fraction of sp³-hybridized carbons (Fsp3) is 0. The third-order valence-corrected chi connectivity index (χ3v) is 13.5. The summed E-state index contributed by atoms with van der Waals surface area (Å²) >= 11 is 0. The molecule has 4 aromatic heterocycles. The molecule has 0 saturated heterocycles. The van der Waals surface area contributed by atoms with Gasteiger partial charge >= 0.3 is 0 Å². The molecule has 0 atom stereocenters. The summed E-state index contributed by atoms with van der Waals surface area (Å²) in [5.74, 6) is 1.68. The molecule has 0 aliphatic carbocycles. The number of para-hydroxylation sites is 1. The molecule has 0 radical (unpaired) electrons. The molecular weight excluding hydrogens is 845 g/mol. The van der Waals surface area contributed by atoms with E-state index in [1.807, 2.05) is 54.6 Å². The highest BCUT2D eigenvalue weighted by Gasteiger charge is 2.21. The van der Waals surface area contributed by atoms with Crippen LogP contribution in [0.25, 0.3) is 139 Å². The van der Waals surface area contributed by atoms with Crippen LogP contribution in [0.5, 0.6) is 0 Å². The molecule has 0 N–H and O–H groups in total. The monoisotopic (exact) mass is 882 g/mol. The SMILES string of the molecule is c1ccc(-c2ccc3oc4cc(-c5nc(-c6ccccc6)nc(-c6cccc7oc8ccc(-c9ccc%10c%11cc(-c%12ccccc%12)ccc%11n(-c%11ccccc%11)c%10c9)cc8c67)n5)ccc4c3c2)cc1. The van der Waals surface area contributed by atoms with Gasteiger partial charge in [-0.05, 0) is 106 Å². The summed E-state index contributed by atoms with van der Waals surface area (Å²) in [4.78, 5) is 15.5. The van der Waals surface area contributed by atoms with Gasteiger partial charge in [-0.2, -0.15) is 0 Å². The number of aromatic nitrogens is 4. The minimum Gasteiger partial charge on any atom is -0.456 e. The lowest BCUT2D eigenvalue weighted by molar-refractivity contribution is 0.668. The summed E-state index contributed by atoms with van der Waals surface area (Å²) in [6.07, 6.45) is 0. The van der Waals surface area contributed by atoms with Crippen molar-refractivity contribution in [3.05, 3.63) is 231 Å². The third kappa shape index (κ3) is 6.53. The maximum Gasteiger partial charge on any atom is 0.164 e. The second-order valence-electron chi connectivity index (χ2n) is 17.6. The van der Waals surface area contributed by atoms with Gasteiger partial charge in [0.1, 0.15) is 22.3 Å². The Labute approximate surface area is 396 Å². The van der Waals surface area contributed by atoms with E-state index >= 15 is 0 Å². The molecule has 14 aromatic rings. The third-order valence-electron chi connectivity index (χ3n) is 13.5. The van der Waals surface area contributed by atoms with Crippen molar-refractivity contribution >= 4 is 65.7 Å². The van der Waals surface area contributed by atoms with Crippen LogP contribution in [0.4, 0.5) is 0 Å². The van der Waals surface area contributed by atoms with Gasteiger partial charge in [0.05, 0.1) is 11.0 Å². The lowest BCUT2D eigenvalue weighted by Crippen LogP contribution is -2.00.